The maximum atomic E-state index is 12.9. The van der Waals surface area contributed by atoms with Crippen LogP contribution in [0.5, 0.6) is 0 Å². The average molecular weight is 211 g/mol. The van der Waals surface area contributed by atoms with Gasteiger partial charge in [0.15, 0.2) is 0 Å². The van der Waals surface area contributed by atoms with Gasteiger partial charge >= 0.3 is 0 Å². The van der Waals surface area contributed by atoms with Crippen LogP contribution >= 0.6 is 11.6 Å². The molecule has 0 N–H and O–H groups in total. The number of hydrogen-bond acceptors (Lipinski definition) is 2. The van der Waals surface area contributed by atoms with Gasteiger partial charge in [-0.3, -0.25) is 0 Å². The Balaban J connectivity index is 2.77. The molecular weight excluding hydrogens is 203 g/mol. The summed E-state index contributed by atoms with van der Waals surface area (Å²) in [6.45, 7) is 1.93. The maximum absolute atomic E-state index is 12.9. The van der Waals surface area contributed by atoms with Crippen LogP contribution in [0.2, 0.25) is 5.15 Å². The Hall–Kier alpha value is -1.22. The van der Waals surface area contributed by atoms with E-state index < -0.39 is 0 Å². The Morgan fingerprint density at radius 3 is 2.86 bits per heavy atom. The Kier molecular flexibility index (Phi) is 2.33. The first-order chi connectivity index (χ1) is 6.70. The summed E-state index contributed by atoms with van der Waals surface area (Å²) in [7, 11) is 0. The molecule has 1 aromatic heterocycles. The van der Waals surface area contributed by atoms with Gasteiger partial charge in [0.25, 0.3) is 0 Å². The molecule has 0 radical (unpaired) electrons. The van der Waals surface area contributed by atoms with Gasteiger partial charge in [0, 0.05) is 17.9 Å². The topological polar surface area (TPSA) is 25.8 Å². The van der Waals surface area contributed by atoms with Gasteiger partial charge in [-0.25, -0.2) is 14.4 Å². The fourth-order valence-electron chi connectivity index (χ4n) is 1.27. The average Bonchev–Trinajstić information content (AvgIpc) is 2.16. The van der Waals surface area contributed by atoms with E-state index in [1.807, 2.05) is 6.92 Å². The molecule has 0 unspecified atom stereocenters. The number of aryl methyl sites for hydroxylation is 1. The van der Waals surface area contributed by atoms with Gasteiger partial charge in [0.2, 0.25) is 0 Å². The summed E-state index contributed by atoms with van der Waals surface area (Å²) >= 11 is 5.92. The molecule has 4 heteroatoms. The minimum atomic E-state index is -0.311. The van der Waals surface area contributed by atoms with E-state index in [1.165, 1.54) is 12.1 Å². The SMILES string of the molecule is CCc1nc(Cl)c2ccc(F)cc2n1. The molecular formula is C10H8ClFN2. The molecule has 14 heavy (non-hydrogen) atoms. The molecule has 0 amide bonds. The molecule has 2 nitrogen and oxygen atoms in total. The van der Waals surface area contributed by atoms with Gasteiger partial charge < -0.3 is 0 Å². The molecule has 0 bridgehead atoms. The molecule has 0 aliphatic heterocycles. The van der Waals surface area contributed by atoms with Crippen LogP contribution in [0.25, 0.3) is 10.9 Å². The first-order valence-corrected chi connectivity index (χ1v) is 4.70. The van der Waals surface area contributed by atoms with Gasteiger partial charge in [0.05, 0.1) is 5.52 Å². The van der Waals surface area contributed by atoms with Gasteiger partial charge in [0.1, 0.15) is 16.8 Å². The van der Waals surface area contributed by atoms with Crippen molar-refractivity contribution >= 4 is 22.5 Å². The monoisotopic (exact) mass is 210 g/mol. The van der Waals surface area contributed by atoms with Crippen LogP contribution in [-0.2, 0) is 6.42 Å². The molecule has 2 rings (SSSR count). The minimum Gasteiger partial charge on any atom is -0.233 e. The Bertz CT molecular complexity index is 485. The summed E-state index contributed by atoms with van der Waals surface area (Å²) < 4.78 is 12.9. The number of aromatic nitrogens is 2. The van der Waals surface area contributed by atoms with Crippen molar-refractivity contribution in [3.8, 4) is 0 Å². The van der Waals surface area contributed by atoms with Crippen LogP contribution in [0.1, 0.15) is 12.7 Å². The zero-order chi connectivity index (χ0) is 10.1. The molecule has 0 aliphatic carbocycles. The van der Waals surface area contributed by atoms with Crippen molar-refractivity contribution in [2.24, 2.45) is 0 Å². The first-order valence-electron chi connectivity index (χ1n) is 4.32. The normalized spacial score (nSPS) is 10.8. The lowest BCUT2D eigenvalue weighted by molar-refractivity contribution is 0.629. The third-order valence-electron chi connectivity index (χ3n) is 1.97. The lowest BCUT2D eigenvalue weighted by atomic mass is 10.2. The van der Waals surface area contributed by atoms with E-state index in [4.69, 9.17) is 11.6 Å². The summed E-state index contributed by atoms with van der Waals surface area (Å²) in [5.74, 6) is 0.322. The highest BCUT2D eigenvalue weighted by atomic mass is 35.5. The van der Waals surface area contributed by atoms with Crippen LogP contribution < -0.4 is 0 Å². The van der Waals surface area contributed by atoms with Crippen LogP contribution in [0, 0.1) is 5.82 Å². The second-order valence-electron chi connectivity index (χ2n) is 2.95. The molecule has 1 heterocycles. The van der Waals surface area contributed by atoms with Crippen LogP contribution in [-0.4, -0.2) is 9.97 Å². The molecule has 0 atom stereocenters. The molecule has 0 spiro atoms. The Labute approximate surface area is 85.8 Å². The van der Waals surface area contributed by atoms with Crippen LogP contribution in [0.4, 0.5) is 4.39 Å². The zero-order valence-corrected chi connectivity index (χ0v) is 8.35. The molecule has 2 aromatic rings. The number of rotatable bonds is 1. The van der Waals surface area contributed by atoms with Crippen molar-refractivity contribution in [2.45, 2.75) is 13.3 Å². The molecule has 1 aromatic carbocycles. The van der Waals surface area contributed by atoms with Crippen molar-refractivity contribution in [2.75, 3.05) is 0 Å². The maximum Gasteiger partial charge on any atom is 0.140 e. The lowest BCUT2D eigenvalue weighted by Gasteiger charge is -2.02. The minimum absolute atomic E-state index is 0.311. The van der Waals surface area contributed by atoms with E-state index in [-0.39, 0.29) is 5.82 Å². The smallest absolute Gasteiger partial charge is 0.140 e. The van der Waals surface area contributed by atoms with Gasteiger partial charge in [-0.15, -0.1) is 0 Å². The summed E-state index contributed by atoms with van der Waals surface area (Å²) in [4.78, 5) is 8.26. The highest BCUT2D eigenvalue weighted by molar-refractivity contribution is 6.34. The van der Waals surface area contributed by atoms with Crippen LogP contribution in [0.15, 0.2) is 18.2 Å². The fraction of sp³-hybridized carbons (Fsp3) is 0.200. The summed E-state index contributed by atoms with van der Waals surface area (Å²) in [5, 5.41) is 1.07. The van der Waals surface area contributed by atoms with E-state index in [1.54, 1.807) is 6.07 Å². The van der Waals surface area contributed by atoms with E-state index in [9.17, 15) is 4.39 Å². The summed E-state index contributed by atoms with van der Waals surface area (Å²) in [6.07, 6.45) is 0.687. The van der Waals surface area contributed by atoms with Gasteiger partial charge in [-0.1, -0.05) is 18.5 Å². The van der Waals surface area contributed by atoms with E-state index >= 15 is 0 Å². The second kappa shape index (κ2) is 3.50. The van der Waals surface area contributed by atoms with Crippen molar-refractivity contribution in [3.05, 3.63) is 35.0 Å². The Morgan fingerprint density at radius 2 is 2.14 bits per heavy atom. The largest absolute Gasteiger partial charge is 0.233 e. The molecule has 0 fully saturated rings. The van der Waals surface area contributed by atoms with Gasteiger partial charge in [-0.2, -0.15) is 0 Å². The molecule has 0 saturated heterocycles. The van der Waals surface area contributed by atoms with Gasteiger partial charge in [-0.05, 0) is 12.1 Å². The Morgan fingerprint density at radius 1 is 1.36 bits per heavy atom. The van der Waals surface area contributed by atoms with Crippen LogP contribution in [0.3, 0.4) is 0 Å². The number of halogens is 2. The predicted molar refractivity (Wildman–Crippen MR) is 53.9 cm³/mol. The molecule has 0 aliphatic rings. The standard InChI is InChI=1S/C10H8ClFN2/c1-2-9-13-8-5-6(12)3-4-7(8)10(11)14-9/h3-5H,2H2,1H3. The number of fused-ring (bicyclic) bond motifs is 1. The summed E-state index contributed by atoms with van der Waals surface area (Å²) in [6, 6.07) is 4.30. The third kappa shape index (κ3) is 1.55. The van der Waals surface area contributed by atoms with Crippen molar-refractivity contribution in [1.82, 2.24) is 9.97 Å². The first kappa shape index (κ1) is 9.34. The van der Waals surface area contributed by atoms with Crippen molar-refractivity contribution < 1.29 is 4.39 Å². The van der Waals surface area contributed by atoms with E-state index in [0.717, 1.165) is 0 Å². The predicted octanol–water partition coefficient (Wildman–Crippen LogP) is 2.98. The fourth-order valence-corrected chi connectivity index (χ4v) is 1.52. The van der Waals surface area contributed by atoms with E-state index in [2.05, 4.69) is 9.97 Å². The molecule has 0 saturated carbocycles. The second-order valence-corrected chi connectivity index (χ2v) is 3.30. The number of benzene rings is 1. The van der Waals surface area contributed by atoms with Crippen molar-refractivity contribution in [1.29, 1.82) is 0 Å². The summed E-state index contributed by atoms with van der Waals surface area (Å²) in [5.41, 5.74) is 0.557. The lowest BCUT2D eigenvalue weighted by Crippen LogP contribution is -1.94. The highest BCUT2D eigenvalue weighted by Crippen LogP contribution is 2.20. The van der Waals surface area contributed by atoms with Crippen molar-refractivity contribution in [3.63, 3.8) is 0 Å². The third-order valence-corrected chi connectivity index (χ3v) is 2.26. The number of nitrogens with zero attached hydrogens (tertiary/aromatic N) is 2. The highest BCUT2D eigenvalue weighted by Gasteiger charge is 2.05. The molecule has 72 valence electrons. The zero-order valence-electron chi connectivity index (χ0n) is 7.59. The number of hydrogen-bond donors (Lipinski definition) is 0. The van der Waals surface area contributed by atoms with E-state index in [0.29, 0.717) is 28.3 Å². The quantitative estimate of drug-likeness (QED) is 0.677.